The molecular weight excluding hydrogens is 312 g/mol. The maximum absolute atomic E-state index is 12.5. The first-order valence-corrected chi connectivity index (χ1v) is 9.07. The summed E-state index contributed by atoms with van der Waals surface area (Å²) in [7, 11) is 0. The van der Waals surface area contributed by atoms with Crippen molar-refractivity contribution < 1.29 is 4.79 Å². The number of fused-ring (bicyclic) bond motifs is 1. The highest BCUT2D eigenvalue weighted by atomic mass is 16.1. The summed E-state index contributed by atoms with van der Waals surface area (Å²) in [5.41, 5.74) is 2.27. The molecule has 0 radical (unpaired) electrons. The van der Waals surface area contributed by atoms with Crippen LogP contribution in [0.2, 0.25) is 0 Å². The van der Waals surface area contributed by atoms with Gasteiger partial charge in [0.1, 0.15) is 11.8 Å². The lowest BCUT2D eigenvalue weighted by Gasteiger charge is -2.34. The molecule has 1 N–H and O–H groups in total. The van der Waals surface area contributed by atoms with Crippen LogP contribution in [0.25, 0.3) is 10.9 Å². The third-order valence-corrected chi connectivity index (χ3v) is 5.20. The molecule has 1 saturated carbocycles. The van der Waals surface area contributed by atoms with Crippen molar-refractivity contribution in [2.45, 2.75) is 25.7 Å². The molecule has 2 aromatic rings. The minimum atomic E-state index is 0.0185. The van der Waals surface area contributed by atoms with Gasteiger partial charge in [-0.3, -0.25) is 4.79 Å². The number of nitriles is 1. The lowest BCUT2D eigenvalue weighted by atomic mass is 9.96. The Kier molecular flexibility index (Phi) is 4.27. The molecule has 25 heavy (non-hydrogen) atoms. The molecule has 5 heteroatoms. The van der Waals surface area contributed by atoms with E-state index in [4.69, 9.17) is 0 Å². The van der Waals surface area contributed by atoms with Crippen molar-refractivity contribution in [2.75, 3.05) is 24.5 Å². The van der Waals surface area contributed by atoms with E-state index in [1.54, 1.807) is 0 Å². The maximum atomic E-state index is 12.5. The number of pyridine rings is 1. The number of hydrogen-bond donors (Lipinski definition) is 1. The topological polar surface area (TPSA) is 69.0 Å². The number of nitrogens with one attached hydrogen (secondary N) is 1. The number of nitrogens with zero attached hydrogens (tertiary/aromatic N) is 3. The first kappa shape index (κ1) is 15.9. The van der Waals surface area contributed by atoms with Crippen LogP contribution in [0, 0.1) is 23.2 Å². The van der Waals surface area contributed by atoms with Gasteiger partial charge in [-0.2, -0.15) is 5.26 Å². The van der Waals surface area contributed by atoms with Crippen LogP contribution in [0.4, 0.5) is 5.69 Å². The molecule has 4 rings (SSSR count). The van der Waals surface area contributed by atoms with Gasteiger partial charge in [-0.1, -0.05) is 18.2 Å². The molecule has 5 nitrogen and oxygen atoms in total. The molecule has 1 aromatic carbocycles. The predicted octanol–water partition coefficient (Wildman–Crippen LogP) is 2.85. The molecular formula is C20H22N4O. The minimum Gasteiger partial charge on any atom is -0.370 e. The molecule has 0 bridgehead atoms. The molecule has 1 amide bonds. The van der Waals surface area contributed by atoms with Crippen molar-refractivity contribution in [3.8, 4) is 6.07 Å². The number of carbonyl (C=O) groups excluding carboxylic acids is 1. The standard InChI is InChI=1S/C20H22N4O/c21-11-16-10-19(17-5-1-2-6-18(17)23-16)24-9-3-4-15(13-24)20(25)22-12-14-7-8-14/h1-2,5-6,10,14-15H,3-4,7-9,12-13H2,(H,22,25)/t15-/m1/s1. The second-order valence-corrected chi connectivity index (χ2v) is 7.13. The third-order valence-electron chi connectivity index (χ3n) is 5.20. The zero-order valence-corrected chi connectivity index (χ0v) is 14.2. The summed E-state index contributed by atoms with van der Waals surface area (Å²) in [5.74, 6) is 0.895. The van der Waals surface area contributed by atoms with Crippen LogP contribution in [0.3, 0.4) is 0 Å². The van der Waals surface area contributed by atoms with Gasteiger partial charge in [0.2, 0.25) is 5.91 Å². The third kappa shape index (κ3) is 3.43. The van der Waals surface area contributed by atoms with Crippen LogP contribution in [0.15, 0.2) is 30.3 Å². The number of benzene rings is 1. The van der Waals surface area contributed by atoms with Gasteiger partial charge >= 0.3 is 0 Å². The summed E-state index contributed by atoms with van der Waals surface area (Å²) >= 11 is 0. The van der Waals surface area contributed by atoms with Gasteiger partial charge in [0.25, 0.3) is 0 Å². The number of amides is 1. The highest BCUT2D eigenvalue weighted by Gasteiger charge is 2.29. The lowest BCUT2D eigenvalue weighted by molar-refractivity contribution is -0.125. The van der Waals surface area contributed by atoms with E-state index in [1.807, 2.05) is 30.3 Å². The summed E-state index contributed by atoms with van der Waals surface area (Å²) < 4.78 is 0. The molecule has 1 aliphatic heterocycles. The Morgan fingerprint density at radius 1 is 1.32 bits per heavy atom. The molecule has 1 atom stereocenters. The predicted molar refractivity (Wildman–Crippen MR) is 97.1 cm³/mol. The summed E-state index contributed by atoms with van der Waals surface area (Å²) in [6, 6.07) is 11.9. The van der Waals surface area contributed by atoms with Crippen molar-refractivity contribution in [2.24, 2.45) is 11.8 Å². The summed E-state index contributed by atoms with van der Waals surface area (Å²) in [4.78, 5) is 19.1. The van der Waals surface area contributed by atoms with E-state index in [1.165, 1.54) is 12.8 Å². The highest BCUT2D eigenvalue weighted by molar-refractivity contribution is 5.92. The number of anilines is 1. The summed E-state index contributed by atoms with van der Waals surface area (Å²) in [6.45, 7) is 2.44. The smallest absolute Gasteiger partial charge is 0.224 e. The van der Waals surface area contributed by atoms with Gasteiger partial charge in [0.15, 0.2) is 0 Å². The second kappa shape index (κ2) is 6.72. The number of aromatic nitrogens is 1. The normalized spacial score (nSPS) is 20.3. The van der Waals surface area contributed by atoms with Crippen LogP contribution >= 0.6 is 0 Å². The van der Waals surface area contributed by atoms with Crippen molar-refractivity contribution in [3.05, 3.63) is 36.0 Å². The molecule has 2 fully saturated rings. The average molecular weight is 334 g/mol. The zero-order chi connectivity index (χ0) is 17.2. The molecule has 0 unspecified atom stereocenters. The van der Waals surface area contributed by atoms with Gasteiger partial charge < -0.3 is 10.2 Å². The molecule has 1 aromatic heterocycles. The lowest BCUT2D eigenvalue weighted by Crippen LogP contribution is -2.43. The Balaban J connectivity index is 1.57. The summed E-state index contributed by atoms with van der Waals surface area (Å²) in [6.07, 6.45) is 4.41. The Hall–Kier alpha value is -2.61. The van der Waals surface area contributed by atoms with E-state index in [9.17, 15) is 10.1 Å². The Labute approximate surface area is 147 Å². The van der Waals surface area contributed by atoms with E-state index in [-0.39, 0.29) is 11.8 Å². The number of piperidine rings is 1. The van der Waals surface area contributed by atoms with Gasteiger partial charge in [-0.15, -0.1) is 0 Å². The fourth-order valence-electron chi connectivity index (χ4n) is 3.60. The van der Waals surface area contributed by atoms with Gasteiger partial charge in [-0.25, -0.2) is 4.98 Å². The quantitative estimate of drug-likeness (QED) is 0.933. The van der Waals surface area contributed by atoms with E-state index in [2.05, 4.69) is 21.3 Å². The second-order valence-electron chi connectivity index (χ2n) is 7.13. The molecule has 128 valence electrons. The number of rotatable bonds is 4. The van der Waals surface area contributed by atoms with Crippen LogP contribution in [0.1, 0.15) is 31.4 Å². The minimum absolute atomic E-state index is 0.0185. The number of para-hydroxylation sites is 1. The Morgan fingerprint density at radius 3 is 2.96 bits per heavy atom. The fraction of sp³-hybridized carbons (Fsp3) is 0.450. The maximum Gasteiger partial charge on any atom is 0.224 e. The van der Waals surface area contributed by atoms with Crippen molar-refractivity contribution in [1.29, 1.82) is 5.26 Å². The van der Waals surface area contributed by atoms with Crippen LogP contribution in [0.5, 0.6) is 0 Å². The van der Waals surface area contributed by atoms with Crippen molar-refractivity contribution in [3.63, 3.8) is 0 Å². The Morgan fingerprint density at radius 2 is 2.16 bits per heavy atom. The Bertz CT molecular complexity index is 837. The van der Waals surface area contributed by atoms with Gasteiger partial charge in [-0.05, 0) is 43.7 Å². The molecule has 0 spiro atoms. The zero-order valence-electron chi connectivity index (χ0n) is 14.2. The van der Waals surface area contributed by atoms with Crippen molar-refractivity contribution >= 4 is 22.5 Å². The number of hydrogen-bond acceptors (Lipinski definition) is 4. The molecule has 2 heterocycles. The van der Waals surface area contributed by atoms with Crippen LogP contribution in [-0.2, 0) is 4.79 Å². The monoisotopic (exact) mass is 334 g/mol. The van der Waals surface area contributed by atoms with Gasteiger partial charge in [0, 0.05) is 30.7 Å². The molecule has 1 saturated heterocycles. The van der Waals surface area contributed by atoms with Gasteiger partial charge in [0.05, 0.1) is 11.4 Å². The average Bonchev–Trinajstić information content (AvgIpc) is 3.49. The van der Waals surface area contributed by atoms with Crippen LogP contribution in [-0.4, -0.2) is 30.5 Å². The fourth-order valence-corrected chi connectivity index (χ4v) is 3.60. The largest absolute Gasteiger partial charge is 0.370 e. The SMILES string of the molecule is N#Cc1cc(N2CCC[C@@H](C(=O)NCC3CC3)C2)c2ccccc2n1. The molecule has 2 aliphatic rings. The first-order valence-electron chi connectivity index (χ1n) is 9.07. The molecule has 1 aliphatic carbocycles. The van der Waals surface area contributed by atoms with E-state index in [0.29, 0.717) is 18.2 Å². The van der Waals surface area contributed by atoms with Crippen LogP contribution < -0.4 is 10.2 Å². The summed E-state index contributed by atoms with van der Waals surface area (Å²) in [5, 5.41) is 13.5. The number of carbonyl (C=O) groups is 1. The first-order chi connectivity index (χ1) is 12.2. The van der Waals surface area contributed by atoms with Crippen molar-refractivity contribution in [1.82, 2.24) is 10.3 Å². The van der Waals surface area contributed by atoms with E-state index in [0.717, 1.165) is 42.5 Å². The van der Waals surface area contributed by atoms with E-state index < -0.39 is 0 Å². The van der Waals surface area contributed by atoms with E-state index >= 15 is 0 Å². The highest BCUT2D eigenvalue weighted by Crippen LogP contribution is 2.31.